The van der Waals surface area contributed by atoms with Gasteiger partial charge in [-0.2, -0.15) is 0 Å². The highest BCUT2D eigenvalue weighted by Crippen LogP contribution is 2.36. The van der Waals surface area contributed by atoms with Gasteiger partial charge in [-0.3, -0.25) is 9.59 Å². The highest BCUT2D eigenvalue weighted by molar-refractivity contribution is 6.07. The molecule has 0 radical (unpaired) electrons. The Morgan fingerprint density at radius 1 is 0.962 bits per heavy atom. The van der Waals surface area contributed by atoms with Gasteiger partial charge >= 0.3 is 0 Å². The summed E-state index contributed by atoms with van der Waals surface area (Å²) in [6.45, 7) is 5.04. The highest BCUT2D eigenvalue weighted by atomic mass is 16.2. The predicted octanol–water partition coefficient (Wildman–Crippen LogP) is 2.49. The second-order valence-electron chi connectivity index (χ2n) is 6.91. The molecule has 1 atom stereocenters. The largest absolute Gasteiger partial charge is 0.368 e. The first-order chi connectivity index (χ1) is 12.6. The first kappa shape index (κ1) is 16.6. The van der Waals surface area contributed by atoms with Crippen molar-refractivity contribution in [1.82, 2.24) is 4.90 Å². The Balaban J connectivity index is 1.40. The maximum Gasteiger partial charge on any atom is 0.242 e. The van der Waals surface area contributed by atoms with Gasteiger partial charge in [-0.05, 0) is 30.7 Å². The Hall–Kier alpha value is -2.82. The van der Waals surface area contributed by atoms with E-state index in [0.29, 0.717) is 13.1 Å². The van der Waals surface area contributed by atoms with E-state index in [1.54, 1.807) is 4.90 Å². The topological polar surface area (TPSA) is 43.9 Å². The van der Waals surface area contributed by atoms with Crippen molar-refractivity contribution < 1.29 is 9.59 Å². The van der Waals surface area contributed by atoms with Gasteiger partial charge < -0.3 is 14.7 Å². The summed E-state index contributed by atoms with van der Waals surface area (Å²) in [5.41, 5.74) is 3.08. The molecular formula is C21H23N3O2. The monoisotopic (exact) mass is 349 g/mol. The van der Waals surface area contributed by atoms with E-state index >= 15 is 0 Å². The molecule has 0 N–H and O–H groups in total. The third kappa shape index (κ3) is 2.94. The quantitative estimate of drug-likeness (QED) is 0.855. The molecule has 0 aliphatic carbocycles. The van der Waals surface area contributed by atoms with Gasteiger partial charge in [0.25, 0.3) is 0 Å². The lowest BCUT2D eigenvalue weighted by molar-refractivity contribution is -0.131. The van der Waals surface area contributed by atoms with Gasteiger partial charge in [-0.25, -0.2) is 0 Å². The summed E-state index contributed by atoms with van der Waals surface area (Å²) in [5.74, 6) is -0.133. The number of amides is 2. The summed E-state index contributed by atoms with van der Waals surface area (Å²) in [4.78, 5) is 31.1. The van der Waals surface area contributed by atoms with Crippen LogP contribution >= 0.6 is 0 Å². The van der Waals surface area contributed by atoms with Crippen LogP contribution < -0.4 is 9.80 Å². The number of hydrogen-bond donors (Lipinski definition) is 0. The molecule has 2 aromatic rings. The lowest BCUT2D eigenvalue weighted by Crippen LogP contribution is -2.51. The molecule has 0 bridgehead atoms. The van der Waals surface area contributed by atoms with E-state index in [9.17, 15) is 9.59 Å². The fourth-order valence-electron chi connectivity index (χ4n) is 3.84. The van der Waals surface area contributed by atoms with Gasteiger partial charge in [0.15, 0.2) is 0 Å². The van der Waals surface area contributed by atoms with Crippen molar-refractivity contribution in [3.63, 3.8) is 0 Å². The molecule has 1 saturated heterocycles. The molecule has 134 valence electrons. The zero-order valence-corrected chi connectivity index (χ0v) is 15.0. The maximum atomic E-state index is 12.8. The molecule has 2 amide bonds. The van der Waals surface area contributed by atoms with E-state index in [4.69, 9.17) is 0 Å². The third-order valence-corrected chi connectivity index (χ3v) is 5.38. The van der Waals surface area contributed by atoms with Crippen LogP contribution in [0.4, 0.5) is 11.4 Å². The standard InChI is InChI=1S/C21H23N3O2/c1-16-18-9-5-6-10-19(18)24(21(16)26)15-20(25)23-13-11-22(12-14-23)17-7-3-2-4-8-17/h2-10,16H,11-15H2,1H3. The Morgan fingerprint density at radius 2 is 1.62 bits per heavy atom. The second-order valence-corrected chi connectivity index (χ2v) is 6.91. The molecule has 26 heavy (non-hydrogen) atoms. The number of fused-ring (bicyclic) bond motifs is 1. The Bertz CT molecular complexity index is 813. The molecule has 2 aliphatic rings. The van der Waals surface area contributed by atoms with Crippen LogP contribution in [0.5, 0.6) is 0 Å². The normalized spacial score (nSPS) is 19.7. The summed E-state index contributed by atoms with van der Waals surface area (Å²) < 4.78 is 0. The lowest BCUT2D eigenvalue weighted by Gasteiger charge is -2.36. The SMILES string of the molecule is CC1C(=O)N(CC(=O)N2CCN(c3ccccc3)CC2)c2ccccc21. The molecule has 1 fully saturated rings. The number of para-hydroxylation sites is 2. The van der Waals surface area contributed by atoms with Crippen molar-refractivity contribution in [2.75, 3.05) is 42.5 Å². The van der Waals surface area contributed by atoms with Crippen LogP contribution in [0.25, 0.3) is 0 Å². The van der Waals surface area contributed by atoms with Crippen molar-refractivity contribution in [3.8, 4) is 0 Å². The average molecular weight is 349 g/mol. The maximum absolute atomic E-state index is 12.8. The number of carbonyl (C=O) groups excluding carboxylic acids is 2. The summed E-state index contributed by atoms with van der Waals surface area (Å²) >= 11 is 0. The van der Waals surface area contributed by atoms with Crippen LogP contribution in [0.15, 0.2) is 54.6 Å². The summed E-state index contributed by atoms with van der Waals surface area (Å²) in [6.07, 6.45) is 0. The van der Waals surface area contributed by atoms with Crippen molar-refractivity contribution in [2.45, 2.75) is 12.8 Å². The Morgan fingerprint density at radius 3 is 2.35 bits per heavy atom. The molecule has 4 rings (SSSR count). The minimum Gasteiger partial charge on any atom is -0.368 e. The van der Waals surface area contributed by atoms with Gasteiger partial charge in [0.1, 0.15) is 6.54 Å². The van der Waals surface area contributed by atoms with E-state index in [2.05, 4.69) is 17.0 Å². The van der Waals surface area contributed by atoms with E-state index in [-0.39, 0.29) is 24.3 Å². The van der Waals surface area contributed by atoms with E-state index in [1.165, 1.54) is 5.69 Å². The number of hydrogen-bond acceptors (Lipinski definition) is 3. The lowest BCUT2D eigenvalue weighted by atomic mass is 10.0. The smallest absolute Gasteiger partial charge is 0.242 e. The number of carbonyl (C=O) groups is 2. The molecule has 2 aromatic carbocycles. The van der Waals surface area contributed by atoms with Gasteiger partial charge in [0.05, 0.1) is 5.92 Å². The molecule has 5 nitrogen and oxygen atoms in total. The van der Waals surface area contributed by atoms with Gasteiger partial charge in [-0.1, -0.05) is 36.4 Å². The number of anilines is 2. The zero-order chi connectivity index (χ0) is 18.1. The zero-order valence-electron chi connectivity index (χ0n) is 15.0. The Kier molecular flexibility index (Phi) is 4.37. The van der Waals surface area contributed by atoms with E-state index in [1.807, 2.05) is 54.3 Å². The summed E-state index contributed by atoms with van der Waals surface area (Å²) in [7, 11) is 0. The number of benzene rings is 2. The van der Waals surface area contributed by atoms with E-state index < -0.39 is 0 Å². The van der Waals surface area contributed by atoms with Crippen LogP contribution in [-0.2, 0) is 9.59 Å². The number of nitrogens with zero attached hydrogens (tertiary/aromatic N) is 3. The molecule has 2 aliphatic heterocycles. The molecule has 1 unspecified atom stereocenters. The van der Waals surface area contributed by atoms with Crippen LogP contribution in [0.1, 0.15) is 18.4 Å². The van der Waals surface area contributed by atoms with Gasteiger partial charge in [0.2, 0.25) is 11.8 Å². The fourth-order valence-corrected chi connectivity index (χ4v) is 3.84. The minimum absolute atomic E-state index is 0.0162. The van der Waals surface area contributed by atoms with Crippen molar-refractivity contribution in [3.05, 3.63) is 60.2 Å². The van der Waals surface area contributed by atoms with Gasteiger partial charge in [0, 0.05) is 37.6 Å². The van der Waals surface area contributed by atoms with Crippen molar-refractivity contribution in [2.24, 2.45) is 0 Å². The molecular weight excluding hydrogens is 326 g/mol. The number of piperazine rings is 1. The van der Waals surface area contributed by atoms with Crippen LogP contribution in [-0.4, -0.2) is 49.4 Å². The summed E-state index contributed by atoms with van der Waals surface area (Å²) in [5, 5.41) is 0. The fraction of sp³-hybridized carbons (Fsp3) is 0.333. The first-order valence-electron chi connectivity index (χ1n) is 9.13. The Labute approximate surface area is 153 Å². The first-order valence-corrected chi connectivity index (χ1v) is 9.13. The summed E-state index contributed by atoms with van der Waals surface area (Å²) in [6, 6.07) is 18.0. The van der Waals surface area contributed by atoms with Gasteiger partial charge in [-0.15, -0.1) is 0 Å². The van der Waals surface area contributed by atoms with E-state index in [0.717, 1.165) is 24.3 Å². The molecule has 5 heteroatoms. The molecule has 0 saturated carbocycles. The highest BCUT2D eigenvalue weighted by Gasteiger charge is 2.36. The van der Waals surface area contributed by atoms with Crippen LogP contribution in [0.2, 0.25) is 0 Å². The van der Waals surface area contributed by atoms with Crippen LogP contribution in [0, 0.1) is 0 Å². The van der Waals surface area contributed by atoms with Crippen molar-refractivity contribution in [1.29, 1.82) is 0 Å². The third-order valence-electron chi connectivity index (χ3n) is 5.38. The molecule has 0 spiro atoms. The predicted molar refractivity (Wildman–Crippen MR) is 102 cm³/mol. The van der Waals surface area contributed by atoms with Crippen LogP contribution in [0.3, 0.4) is 0 Å². The number of rotatable bonds is 3. The van der Waals surface area contributed by atoms with Crippen molar-refractivity contribution >= 4 is 23.2 Å². The average Bonchev–Trinajstić information content (AvgIpc) is 2.94. The minimum atomic E-state index is -0.172. The second kappa shape index (κ2) is 6.83. The molecule has 2 heterocycles. The molecule has 0 aromatic heterocycles.